The van der Waals surface area contributed by atoms with Crippen LogP contribution in [0.5, 0.6) is 0 Å². The molecule has 14 heteroatoms. The highest BCUT2D eigenvalue weighted by molar-refractivity contribution is 7.89. The monoisotopic (exact) mass is 504 g/mol. The van der Waals surface area contributed by atoms with Crippen LogP contribution in [-0.4, -0.2) is 78.1 Å². The van der Waals surface area contributed by atoms with Gasteiger partial charge in [0.05, 0.1) is 6.54 Å². The van der Waals surface area contributed by atoms with Crippen molar-refractivity contribution in [2.75, 3.05) is 20.6 Å². The summed E-state index contributed by atoms with van der Waals surface area (Å²) >= 11 is 6.11. The number of hydrogen-bond acceptors (Lipinski definition) is 8. The van der Waals surface area contributed by atoms with Gasteiger partial charge in [0.25, 0.3) is 15.2 Å². The Balaban J connectivity index is 1.98. The zero-order valence-corrected chi connectivity index (χ0v) is 20.5. The molecule has 1 aromatic heterocycles. The minimum Gasteiger partial charge on any atom is -0.393 e. The molecule has 11 nitrogen and oxygen atoms in total. The fourth-order valence-corrected chi connectivity index (χ4v) is 5.07. The maximum atomic E-state index is 13.4. The van der Waals surface area contributed by atoms with E-state index in [1.54, 1.807) is 38.1 Å². The molecular weight excluding hydrogens is 480 g/mol. The summed E-state index contributed by atoms with van der Waals surface area (Å²) in [6.07, 6.45) is 1.96. The second kappa shape index (κ2) is 9.43. The SMILES string of the molecule is CC(C)O/N=C(\CN(C1CC1)S(=O)(=O)c1ncn(S(=O)(=O)N(C)C)n1)c1cccc(Cl)c1. The van der Waals surface area contributed by atoms with Crippen LogP contribution in [0.4, 0.5) is 0 Å². The molecule has 0 atom stereocenters. The van der Waals surface area contributed by atoms with E-state index < -0.39 is 25.4 Å². The topological polar surface area (TPSA) is 127 Å². The summed E-state index contributed by atoms with van der Waals surface area (Å²) in [5.74, 6) is 0. The van der Waals surface area contributed by atoms with E-state index in [4.69, 9.17) is 16.4 Å². The van der Waals surface area contributed by atoms with E-state index in [0.717, 1.165) is 10.6 Å². The van der Waals surface area contributed by atoms with E-state index in [1.807, 2.05) is 0 Å². The van der Waals surface area contributed by atoms with Gasteiger partial charge in [0, 0.05) is 30.7 Å². The second-order valence-corrected chi connectivity index (χ2v) is 11.9. The highest BCUT2D eigenvalue weighted by atomic mass is 35.5. The van der Waals surface area contributed by atoms with Gasteiger partial charge < -0.3 is 4.84 Å². The molecule has 0 aliphatic heterocycles. The number of sulfonamides is 1. The summed E-state index contributed by atoms with van der Waals surface area (Å²) in [5, 5.41) is 7.75. The Morgan fingerprint density at radius 3 is 2.53 bits per heavy atom. The number of hydrogen-bond donors (Lipinski definition) is 0. The van der Waals surface area contributed by atoms with Crippen LogP contribution in [0.2, 0.25) is 5.02 Å². The van der Waals surface area contributed by atoms with E-state index in [-0.39, 0.29) is 18.7 Å². The molecule has 1 aliphatic rings. The first-order valence-electron chi connectivity index (χ1n) is 9.78. The number of halogens is 1. The third kappa shape index (κ3) is 5.46. The van der Waals surface area contributed by atoms with E-state index in [0.29, 0.717) is 33.2 Å². The van der Waals surface area contributed by atoms with Gasteiger partial charge in [-0.05, 0) is 38.8 Å². The minimum absolute atomic E-state index is 0.116. The Morgan fingerprint density at radius 2 is 1.97 bits per heavy atom. The molecule has 3 rings (SSSR count). The van der Waals surface area contributed by atoms with Crippen molar-refractivity contribution in [2.24, 2.45) is 5.16 Å². The predicted octanol–water partition coefficient (Wildman–Crippen LogP) is 1.57. The van der Waals surface area contributed by atoms with Crippen LogP contribution < -0.4 is 0 Å². The van der Waals surface area contributed by atoms with E-state index in [9.17, 15) is 16.8 Å². The zero-order valence-electron chi connectivity index (χ0n) is 18.1. The summed E-state index contributed by atoms with van der Waals surface area (Å²) in [6, 6.07) is 6.57. The van der Waals surface area contributed by atoms with Crippen molar-refractivity contribution in [3.63, 3.8) is 0 Å². The second-order valence-electron chi connectivity index (χ2n) is 7.67. The predicted molar refractivity (Wildman–Crippen MR) is 119 cm³/mol. The van der Waals surface area contributed by atoms with Crippen molar-refractivity contribution in [3.8, 4) is 0 Å². The van der Waals surface area contributed by atoms with Crippen LogP contribution in [0.1, 0.15) is 32.3 Å². The standard InChI is InChI=1S/C18H25ClN6O5S2/c1-13(2)30-22-17(14-6-5-7-15(19)10-14)11-24(16-8-9-16)31(26,27)18-20-12-25(21-18)32(28,29)23(3)4/h5-7,10,12-13,16H,8-9,11H2,1-4H3/b22-17+. The molecule has 0 radical (unpaired) electrons. The fraction of sp³-hybridized carbons (Fsp3) is 0.500. The fourth-order valence-electron chi connectivity index (χ4n) is 2.67. The lowest BCUT2D eigenvalue weighted by Gasteiger charge is -2.21. The lowest BCUT2D eigenvalue weighted by atomic mass is 10.1. The first kappa shape index (κ1) is 24.6. The first-order chi connectivity index (χ1) is 14.9. The maximum absolute atomic E-state index is 13.4. The third-order valence-electron chi connectivity index (χ3n) is 4.48. The summed E-state index contributed by atoms with van der Waals surface area (Å²) in [6.45, 7) is 3.49. The lowest BCUT2D eigenvalue weighted by Crippen LogP contribution is -2.38. The van der Waals surface area contributed by atoms with Crippen molar-refractivity contribution in [3.05, 3.63) is 41.2 Å². The number of rotatable bonds is 10. The van der Waals surface area contributed by atoms with Crippen LogP contribution in [0.25, 0.3) is 0 Å². The molecule has 1 aromatic carbocycles. The molecule has 1 aliphatic carbocycles. The molecule has 1 saturated carbocycles. The smallest absolute Gasteiger partial charge is 0.323 e. The molecule has 0 bridgehead atoms. The van der Waals surface area contributed by atoms with Crippen LogP contribution in [0.3, 0.4) is 0 Å². The number of oxime groups is 1. The molecule has 1 fully saturated rings. The van der Waals surface area contributed by atoms with Gasteiger partial charge in [-0.25, -0.2) is 13.4 Å². The normalized spacial score (nSPS) is 15.7. The Labute approximate surface area is 192 Å². The molecule has 176 valence electrons. The van der Waals surface area contributed by atoms with Crippen molar-refractivity contribution in [1.82, 2.24) is 22.8 Å². The maximum Gasteiger partial charge on any atom is 0.323 e. The Morgan fingerprint density at radius 1 is 1.28 bits per heavy atom. The van der Waals surface area contributed by atoms with Crippen LogP contribution in [0, 0.1) is 0 Å². The van der Waals surface area contributed by atoms with Gasteiger partial charge >= 0.3 is 10.2 Å². The summed E-state index contributed by atoms with van der Waals surface area (Å²) < 4.78 is 53.9. The summed E-state index contributed by atoms with van der Waals surface area (Å²) in [4.78, 5) is 9.16. The van der Waals surface area contributed by atoms with Gasteiger partial charge in [0.2, 0.25) is 0 Å². The van der Waals surface area contributed by atoms with Crippen LogP contribution in [0.15, 0.2) is 40.9 Å². The molecule has 32 heavy (non-hydrogen) atoms. The van der Waals surface area contributed by atoms with Crippen molar-refractivity contribution < 1.29 is 21.7 Å². The lowest BCUT2D eigenvalue weighted by molar-refractivity contribution is 0.0854. The molecule has 0 saturated heterocycles. The Hall–Kier alpha value is -2.06. The largest absolute Gasteiger partial charge is 0.393 e. The number of benzene rings is 1. The molecule has 0 amide bonds. The van der Waals surface area contributed by atoms with Gasteiger partial charge in [0.15, 0.2) is 0 Å². The summed E-state index contributed by atoms with van der Waals surface area (Å²) in [5.41, 5.74) is 0.963. The molecule has 0 unspecified atom stereocenters. The molecule has 0 N–H and O–H groups in total. The summed E-state index contributed by atoms with van der Waals surface area (Å²) in [7, 11) is -5.60. The van der Waals surface area contributed by atoms with E-state index in [2.05, 4.69) is 15.2 Å². The first-order valence-corrected chi connectivity index (χ1v) is 13.0. The molecule has 1 heterocycles. The van der Waals surface area contributed by atoms with Crippen molar-refractivity contribution in [1.29, 1.82) is 0 Å². The Bertz CT molecular complexity index is 1210. The third-order valence-corrected chi connectivity index (χ3v) is 7.98. The quantitative estimate of drug-likeness (QED) is 0.355. The number of nitrogens with zero attached hydrogens (tertiary/aromatic N) is 6. The Kier molecular flexibility index (Phi) is 7.25. The molecule has 2 aromatic rings. The van der Waals surface area contributed by atoms with E-state index in [1.165, 1.54) is 18.4 Å². The molecular formula is C18H25ClN6O5S2. The minimum atomic E-state index is -4.22. The van der Waals surface area contributed by atoms with Gasteiger partial charge in [-0.1, -0.05) is 28.9 Å². The van der Waals surface area contributed by atoms with Gasteiger partial charge in [-0.15, -0.1) is 9.19 Å². The highest BCUT2D eigenvalue weighted by Crippen LogP contribution is 2.31. The van der Waals surface area contributed by atoms with Crippen molar-refractivity contribution >= 4 is 37.5 Å². The molecule has 0 spiro atoms. The van der Waals surface area contributed by atoms with Gasteiger partial charge in [0.1, 0.15) is 18.1 Å². The zero-order chi connectivity index (χ0) is 23.7. The van der Waals surface area contributed by atoms with Crippen LogP contribution >= 0.6 is 11.6 Å². The van der Waals surface area contributed by atoms with Gasteiger partial charge in [-0.3, -0.25) is 0 Å². The number of aromatic nitrogens is 3. The van der Waals surface area contributed by atoms with Gasteiger partial charge in [-0.2, -0.15) is 17.0 Å². The van der Waals surface area contributed by atoms with Crippen molar-refractivity contribution in [2.45, 2.75) is 44.0 Å². The highest BCUT2D eigenvalue weighted by Gasteiger charge is 2.41. The van der Waals surface area contributed by atoms with E-state index >= 15 is 0 Å². The van der Waals surface area contributed by atoms with Crippen LogP contribution in [-0.2, 0) is 25.1 Å². The average Bonchev–Trinajstić information content (AvgIpc) is 3.40. The average molecular weight is 505 g/mol.